The van der Waals surface area contributed by atoms with E-state index in [-0.39, 0.29) is 22.9 Å². The zero-order chi connectivity index (χ0) is 22.1. The molecule has 1 aromatic carbocycles. The molecular weight excluding hydrogens is 427 g/mol. The van der Waals surface area contributed by atoms with E-state index < -0.39 is 11.9 Å². The van der Waals surface area contributed by atoms with E-state index in [1.54, 1.807) is 42.1 Å². The average Bonchev–Trinajstić information content (AvgIpc) is 3.46. The maximum absolute atomic E-state index is 14.8. The number of thiazole rings is 1. The summed E-state index contributed by atoms with van der Waals surface area (Å²) in [4.78, 5) is 21.9. The normalized spacial score (nSPS) is 18.7. The number of fused-ring (bicyclic) bond motifs is 1. The first-order valence-electron chi connectivity index (χ1n) is 10.7. The van der Waals surface area contributed by atoms with Crippen LogP contribution in [0.25, 0.3) is 21.5 Å². The van der Waals surface area contributed by atoms with Crippen LogP contribution in [0.2, 0.25) is 0 Å². The second-order valence-electron chi connectivity index (χ2n) is 8.11. The van der Waals surface area contributed by atoms with E-state index in [2.05, 4.69) is 15.3 Å². The quantitative estimate of drug-likeness (QED) is 0.473. The summed E-state index contributed by atoms with van der Waals surface area (Å²) in [5.41, 5.74) is 2.64. The molecule has 1 amide bonds. The van der Waals surface area contributed by atoms with Gasteiger partial charge < -0.3 is 15.0 Å². The fraction of sp³-hybridized carbons (Fsp3) is 0.292. The van der Waals surface area contributed by atoms with Gasteiger partial charge in [0.15, 0.2) is 0 Å². The predicted octanol–water partition coefficient (Wildman–Crippen LogP) is 4.38. The molecule has 1 saturated carbocycles. The minimum atomic E-state index is -0.563. The Bertz CT molecular complexity index is 1240. The van der Waals surface area contributed by atoms with Crippen molar-refractivity contribution in [2.75, 3.05) is 0 Å². The topological polar surface area (TPSA) is 80.0 Å². The third-order valence-corrected chi connectivity index (χ3v) is 6.80. The molecule has 3 aromatic heterocycles. The molecule has 0 bridgehead atoms. The van der Waals surface area contributed by atoms with E-state index in [0.717, 1.165) is 35.5 Å². The van der Waals surface area contributed by atoms with Crippen LogP contribution in [0.4, 0.5) is 4.39 Å². The highest BCUT2D eigenvalue weighted by Crippen LogP contribution is 2.27. The van der Waals surface area contributed by atoms with Gasteiger partial charge in [0.1, 0.15) is 10.8 Å². The van der Waals surface area contributed by atoms with Crippen LogP contribution in [0.5, 0.6) is 0 Å². The number of halogens is 1. The van der Waals surface area contributed by atoms with Crippen LogP contribution in [0.3, 0.4) is 0 Å². The highest BCUT2D eigenvalue weighted by molar-refractivity contribution is 7.13. The molecule has 1 aliphatic rings. The van der Waals surface area contributed by atoms with E-state index in [9.17, 15) is 14.3 Å². The predicted molar refractivity (Wildman–Crippen MR) is 122 cm³/mol. The number of amides is 1. The molecule has 32 heavy (non-hydrogen) atoms. The summed E-state index contributed by atoms with van der Waals surface area (Å²) < 4.78 is 16.6. The number of nitrogens with zero attached hydrogens (tertiary/aromatic N) is 3. The van der Waals surface area contributed by atoms with E-state index in [4.69, 9.17) is 0 Å². The lowest BCUT2D eigenvalue weighted by molar-refractivity contribution is 0.0718. The number of rotatable bonds is 5. The number of benzene rings is 1. The van der Waals surface area contributed by atoms with Gasteiger partial charge in [-0.25, -0.2) is 9.37 Å². The molecule has 6 nitrogen and oxygen atoms in total. The van der Waals surface area contributed by atoms with Crippen LogP contribution in [0.15, 0.2) is 54.3 Å². The maximum Gasteiger partial charge on any atom is 0.253 e. The third kappa shape index (κ3) is 4.03. The molecule has 5 rings (SSSR count). The van der Waals surface area contributed by atoms with Gasteiger partial charge in [0.2, 0.25) is 0 Å². The summed E-state index contributed by atoms with van der Waals surface area (Å²) in [7, 11) is 0. The van der Waals surface area contributed by atoms with Crippen molar-refractivity contribution >= 4 is 28.1 Å². The molecule has 2 atom stereocenters. The lowest BCUT2D eigenvalue weighted by Crippen LogP contribution is -2.45. The van der Waals surface area contributed by atoms with Gasteiger partial charge in [0.05, 0.1) is 35.5 Å². The van der Waals surface area contributed by atoms with Crippen LogP contribution in [0, 0.1) is 5.82 Å². The van der Waals surface area contributed by atoms with Gasteiger partial charge in [-0.3, -0.25) is 9.78 Å². The lowest BCUT2D eigenvalue weighted by atomic mass is 9.92. The molecule has 1 fully saturated rings. The zero-order valence-corrected chi connectivity index (χ0v) is 18.2. The van der Waals surface area contributed by atoms with Crippen LogP contribution < -0.4 is 5.32 Å². The Kier molecular flexibility index (Phi) is 5.71. The summed E-state index contributed by atoms with van der Waals surface area (Å²) in [6, 6.07) is 8.38. The maximum atomic E-state index is 14.8. The van der Waals surface area contributed by atoms with Gasteiger partial charge in [-0.1, -0.05) is 18.9 Å². The third-order valence-electron chi connectivity index (χ3n) is 5.98. The van der Waals surface area contributed by atoms with Crippen molar-refractivity contribution in [2.24, 2.45) is 0 Å². The molecule has 164 valence electrons. The first kappa shape index (κ1) is 20.8. The minimum absolute atomic E-state index is 0.273. The van der Waals surface area contributed by atoms with Gasteiger partial charge in [0.25, 0.3) is 5.91 Å². The Balaban J connectivity index is 1.44. The highest BCUT2D eigenvalue weighted by atomic mass is 32.1. The number of nitrogens with one attached hydrogen (secondary N) is 1. The number of aliphatic hydroxyl groups is 1. The van der Waals surface area contributed by atoms with E-state index in [1.807, 2.05) is 22.1 Å². The Hall–Kier alpha value is -3.10. The molecule has 8 heteroatoms. The first-order valence-corrected chi connectivity index (χ1v) is 11.6. The van der Waals surface area contributed by atoms with Gasteiger partial charge in [-0.2, -0.15) is 0 Å². The molecular formula is C24H23FN4O2S. The highest BCUT2D eigenvalue weighted by Gasteiger charge is 2.27. The molecule has 2 N–H and O–H groups in total. The van der Waals surface area contributed by atoms with Crippen LogP contribution in [0.1, 0.15) is 41.7 Å². The Labute approximate surface area is 188 Å². The minimum Gasteiger partial charge on any atom is -0.391 e. The van der Waals surface area contributed by atoms with E-state index in [0.29, 0.717) is 18.5 Å². The van der Waals surface area contributed by atoms with Crippen molar-refractivity contribution in [2.45, 2.75) is 44.4 Å². The second kappa shape index (κ2) is 8.80. The molecule has 4 aromatic rings. The van der Waals surface area contributed by atoms with Crippen molar-refractivity contribution < 1.29 is 14.3 Å². The largest absolute Gasteiger partial charge is 0.391 e. The Morgan fingerprint density at radius 1 is 1.22 bits per heavy atom. The summed E-state index contributed by atoms with van der Waals surface area (Å²) in [6.07, 6.45) is 7.95. The number of carbonyl (C=O) groups excluding carboxylic acids is 1. The first-order chi connectivity index (χ1) is 15.6. The Morgan fingerprint density at radius 2 is 2.09 bits per heavy atom. The van der Waals surface area contributed by atoms with E-state index in [1.165, 1.54) is 6.07 Å². The van der Waals surface area contributed by atoms with Crippen LogP contribution in [-0.4, -0.2) is 37.7 Å². The Morgan fingerprint density at radius 3 is 2.84 bits per heavy atom. The van der Waals surface area contributed by atoms with Gasteiger partial charge in [0, 0.05) is 34.9 Å². The van der Waals surface area contributed by atoms with Gasteiger partial charge in [-0.05, 0) is 37.1 Å². The smallest absolute Gasteiger partial charge is 0.253 e. The molecule has 1 aliphatic carbocycles. The van der Waals surface area contributed by atoms with Gasteiger partial charge >= 0.3 is 0 Å². The number of aromatic nitrogens is 3. The molecule has 3 heterocycles. The number of pyridine rings is 1. The number of hydrogen-bond donors (Lipinski definition) is 2. The fourth-order valence-electron chi connectivity index (χ4n) is 4.32. The monoisotopic (exact) mass is 450 g/mol. The summed E-state index contributed by atoms with van der Waals surface area (Å²) in [6.45, 7) is 0.400. The van der Waals surface area contributed by atoms with Crippen molar-refractivity contribution in [1.29, 1.82) is 0 Å². The zero-order valence-electron chi connectivity index (χ0n) is 17.4. The average molecular weight is 451 g/mol. The van der Waals surface area contributed by atoms with Crippen molar-refractivity contribution in [3.63, 3.8) is 0 Å². The number of hydrogen-bond acceptors (Lipinski definition) is 5. The number of carbonyl (C=O) groups is 1. The fourth-order valence-corrected chi connectivity index (χ4v) is 4.95. The van der Waals surface area contributed by atoms with Gasteiger partial charge in [-0.15, -0.1) is 11.3 Å². The van der Waals surface area contributed by atoms with E-state index >= 15 is 0 Å². The molecule has 0 aliphatic heterocycles. The molecule has 0 spiro atoms. The van der Waals surface area contributed by atoms with Crippen molar-refractivity contribution in [3.8, 4) is 10.6 Å². The summed E-state index contributed by atoms with van der Waals surface area (Å²) >= 11 is 1.55. The molecule has 0 saturated heterocycles. The molecule has 0 radical (unpaired) electrons. The molecule has 0 unspecified atom stereocenters. The van der Waals surface area contributed by atoms with Crippen molar-refractivity contribution in [1.82, 2.24) is 19.9 Å². The lowest BCUT2D eigenvalue weighted by Gasteiger charge is -2.28. The summed E-state index contributed by atoms with van der Waals surface area (Å²) in [5.74, 6) is -0.806. The van der Waals surface area contributed by atoms with Crippen LogP contribution in [-0.2, 0) is 6.54 Å². The standard InChI is InChI=1S/C24H23FN4O2S/c25-18-4-3-6-20-22(18)17(23(31)28-19-5-1-2-7-21(19)30)14-29(20)13-16-9-8-15(12-27-16)24-26-10-11-32-24/h3-4,6,8-12,14,19,21,30H,1-2,5,7,13H2,(H,28,31)/t19-,21-/m0/s1. The van der Waals surface area contributed by atoms with Crippen molar-refractivity contribution in [3.05, 3.63) is 71.4 Å². The SMILES string of the molecule is O=C(N[C@H]1CCCC[C@@H]1O)c1cn(Cc2ccc(-c3nccs3)cn2)c2cccc(F)c12. The van der Waals surface area contributed by atoms with Crippen LogP contribution >= 0.6 is 11.3 Å². The number of aliphatic hydroxyl groups excluding tert-OH is 1. The second-order valence-corrected chi connectivity index (χ2v) is 9.01. The summed E-state index contributed by atoms with van der Waals surface area (Å²) in [5, 5.41) is 16.2.